The zero-order chi connectivity index (χ0) is 10.5. The molecular formula is C13H20OSe. The zero-order valence-corrected chi connectivity index (χ0v) is 11.2. The maximum atomic E-state index is 12.3. The summed E-state index contributed by atoms with van der Waals surface area (Å²) in [6, 6.07) is 0. The van der Waals surface area contributed by atoms with Crippen LogP contribution in [0.4, 0.5) is 0 Å². The number of ketones is 1. The summed E-state index contributed by atoms with van der Waals surface area (Å²) in [7, 11) is 0. The first-order valence-corrected chi connectivity index (χ1v) is 9.16. The fourth-order valence-electron chi connectivity index (χ4n) is 4.74. The van der Waals surface area contributed by atoms with E-state index in [4.69, 9.17) is 0 Å². The summed E-state index contributed by atoms with van der Waals surface area (Å²) in [6.07, 6.45) is 8.12. The molecule has 4 rings (SSSR count). The molecule has 0 amide bonds. The second kappa shape index (κ2) is 3.60. The van der Waals surface area contributed by atoms with E-state index in [9.17, 15) is 4.79 Å². The molecule has 1 nitrogen and oxygen atoms in total. The Bertz CT molecular complexity index is 249. The molecule has 0 spiro atoms. The van der Waals surface area contributed by atoms with Crippen LogP contribution in [0, 0.1) is 23.2 Å². The van der Waals surface area contributed by atoms with Crippen LogP contribution in [0.3, 0.4) is 0 Å². The van der Waals surface area contributed by atoms with Crippen LogP contribution >= 0.6 is 0 Å². The third-order valence-corrected chi connectivity index (χ3v) is 6.06. The summed E-state index contributed by atoms with van der Waals surface area (Å²) in [5, 5.41) is 0.902. The fraction of sp³-hybridized carbons (Fsp3) is 0.923. The molecule has 0 aromatic carbocycles. The van der Waals surface area contributed by atoms with Crippen LogP contribution in [0.1, 0.15) is 38.5 Å². The Morgan fingerprint density at radius 1 is 1.13 bits per heavy atom. The van der Waals surface area contributed by atoms with E-state index in [0.29, 0.717) is 20.7 Å². The van der Waals surface area contributed by atoms with Crippen molar-refractivity contribution in [2.24, 2.45) is 23.2 Å². The Morgan fingerprint density at radius 2 is 1.60 bits per heavy atom. The van der Waals surface area contributed by atoms with Gasteiger partial charge in [-0.1, -0.05) is 0 Å². The van der Waals surface area contributed by atoms with Crippen LogP contribution in [-0.2, 0) is 4.79 Å². The van der Waals surface area contributed by atoms with Crippen molar-refractivity contribution in [3.63, 3.8) is 0 Å². The maximum absolute atomic E-state index is 12.3. The minimum atomic E-state index is 0.187. The molecule has 0 aromatic heterocycles. The first kappa shape index (κ1) is 10.4. The Morgan fingerprint density at radius 3 is 2.00 bits per heavy atom. The Kier molecular flexibility index (Phi) is 2.48. The van der Waals surface area contributed by atoms with Gasteiger partial charge in [0.15, 0.2) is 0 Å². The third kappa shape index (κ3) is 1.61. The molecule has 0 aromatic rings. The van der Waals surface area contributed by atoms with Crippen molar-refractivity contribution in [1.82, 2.24) is 0 Å². The van der Waals surface area contributed by atoms with Crippen molar-refractivity contribution in [2.75, 3.05) is 0 Å². The number of Topliss-reactive ketones (excluding diaryl/α,β-unsaturated/α-hetero) is 1. The molecule has 0 unspecified atom stereocenters. The molecule has 0 radical (unpaired) electrons. The SMILES string of the molecule is C[Se]CC(=O)C12CC3CC(CC(C3)C1)C2. The molecule has 4 bridgehead atoms. The number of hydrogen-bond donors (Lipinski definition) is 0. The van der Waals surface area contributed by atoms with E-state index in [-0.39, 0.29) is 5.41 Å². The molecule has 4 fully saturated rings. The average Bonchev–Trinajstić information content (AvgIpc) is 2.15. The van der Waals surface area contributed by atoms with Gasteiger partial charge in [-0.25, -0.2) is 0 Å². The fourth-order valence-corrected chi connectivity index (χ4v) is 5.93. The number of carbonyl (C=O) groups excluding carboxylic acids is 1. The van der Waals surface area contributed by atoms with Crippen LogP contribution in [0.25, 0.3) is 0 Å². The van der Waals surface area contributed by atoms with Crippen molar-refractivity contribution in [3.8, 4) is 0 Å². The predicted molar refractivity (Wildman–Crippen MR) is 62.0 cm³/mol. The third-order valence-electron chi connectivity index (χ3n) is 4.91. The molecule has 15 heavy (non-hydrogen) atoms. The number of hydrogen-bond acceptors (Lipinski definition) is 1. The summed E-state index contributed by atoms with van der Waals surface area (Å²) in [4.78, 5) is 12.3. The summed E-state index contributed by atoms with van der Waals surface area (Å²) in [6.45, 7) is 0. The minimum absolute atomic E-state index is 0.187. The van der Waals surface area contributed by atoms with Crippen LogP contribution in [-0.4, -0.2) is 20.7 Å². The molecule has 0 saturated heterocycles. The van der Waals surface area contributed by atoms with Crippen LogP contribution in [0.2, 0.25) is 11.1 Å². The molecule has 84 valence electrons. The second-order valence-corrected chi connectivity index (χ2v) is 7.87. The van der Waals surface area contributed by atoms with E-state index in [1.54, 1.807) is 0 Å². The normalized spacial score (nSPS) is 47.1. The van der Waals surface area contributed by atoms with Gasteiger partial charge in [-0.3, -0.25) is 0 Å². The van der Waals surface area contributed by atoms with Crippen molar-refractivity contribution in [3.05, 3.63) is 0 Å². The van der Waals surface area contributed by atoms with Gasteiger partial charge >= 0.3 is 98.4 Å². The van der Waals surface area contributed by atoms with E-state index in [1.165, 1.54) is 38.5 Å². The van der Waals surface area contributed by atoms with Crippen molar-refractivity contribution in [1.29, 1.82) is 0 Å². The zero-order valence-electron chi connectivity index (χ0n) is 9.50. The monoisotopic (exact) mass is 272 g/mol. The van der Waals surface area contributed by atoms with Crippen LogP contribution in [0.15, 0.2) is 0 Å². The molecule has 4 aliphatic carbocycles. The first-order valence-electron chi connectivity index (χ1n) is 6.24. The summed E-state index contributed by atoms with van der Waals surface area (Å²) >= 11 is 0.542. The van der Waals surface area contributed by atoms with Crippen molar-refractivity contribution in [2.45, 2.75) is 49.7 Å². The van der Waals surface area contributed by atoms with Gasteiger partial charge < -0.3 is 0 Å². The number of carbonyl (C=O) groups is 1. The Labute approximate surface area is 98.5 Å². The standard InChI is InChI=1S/C13H20OSe/c1-15-8-12(14)13-5-9-2-10(6-13)4-11(3-9)7-13/h9-11H,2-8H2,1H3. The first-order chi connectivity index (χ1) is 7.22. The second-order valence-electron chi connectivity index (χ2n) is 6.05. The molecule has 0 heterocycles. The summed E-state index contributed by atoms with van der Waals surface area (Å²) in [5.74, 6) is 5.61. The van der Waals surface area contributed by atoms with Gasteiger partial charge in [0.1, 0.15) is 0 Å². The number of rotatable bonds is 3. The van der Waals surface area contributed by atoms with E-state index in [1.807, 2.05) is 0 Å². The van der Waals surface area contributed by atoms with Gasteiger partial charge in [0.2, 0.25) is 0 Å². The molecule has 4 saturated carbocycles. The van der Waals surface area contributed by atoms with Gasteiger partial charge in [0.25, 0.3) is 0 Å². The quantitative estimate of drug-likeness (QED) is 0.721. The Hall–Kier alpha value is 0.189. The predicted octanol–water partition coefficient (Wildman–Crippen LogP) is 2.94. The summed E-state index contributed by atoms with van der Waals surface area (Å²) in [5.41, 5.74) is 0.187. The van der Waals surface area contributed by atoms with Crippen molar-refractivity contribution < 1.29 is 4.79 Å². The topological polar surface area (TPSA) is 17.1 Å². The van der Waals surface area contributed by atoms with E-state index < -0.39 is 0 Å². The van der Waals surface area contributed by atoms with Gasteiger partial charge in [-0.2, -0.15) is 0 Å². The van der Waals surface area contributed by atoms with Crippen LogP contribution in [0.5, 0.6) is 0 Å². The summed E-state index contributed by atoms with van der Waals surface area (Å²) < 4.78 is 0. The van der Waals surface area contributed by atoms with E-state index >= 15 is 0 Å². The average molecular weight is 271 g/mol. The van der Waals surface area contributed by atoms with Gasteiger partial charge in [-0.05, 0) is 0 Å². The molecule has 4 aliphatic rings. The molecule has 0 atom stereocenters. The molecule has 0 aliphatic heterocycles. The van der Waals surface area contributed by atoms with Gasteiger partial charge in [-0.15, -0.1) is 0 Å². The van der Waals surface area contributed by atoms with Crippen molar-refractivity contribution >= 4 is 20.7 Å². The van der Waals surface area contributed by atoms with Crippen LogP contribution < -0.4 is 0 Å². The molecule has 2 heteroatoms. The van der Waals surface area contributed by atoms with E-state index in [0.717, 1.165) is 23.1 Å². The molecular weight excluding hydrogens is 251 g/mol. The van der Waals surface area contributed by atoms with Gasteiger partial charge in [0.05, 0.1) is 0 Å². The Balaban J connectivity index is 1.83. The molecule has 0 N–H and O–H groups in total. The van der Waals surface area contributed by atoms with E-state index in [2.05, 4.69) is 5.82 Å². The van der Waals surface area contributed by atoms with Gasteiger partial charge in [0, 0.05) is 0 Å².